The number of hydrogen-bond acceptors (Lipinski definition) is 5. The third-order valence-electron chi connectivity index (χ3n) is 4.49. The van der Waals surface area contributed by atoms with Gasteiger partial charge in [-0.25, -0.2) is 4.99 Å². The predicted octanol–water partition coefficient (Wildman–Crippen LogP) is -0.153. The van der Waals surface area contributed by atoms with Gasteiger partial charge in [0.15, 0.2) is 5.96 Å². The van der Waals surface area contributed by atoms with Gasteiger partial charge in [0, 0.05) is 50.4 Å². The van der Waals surface area contributed by atoms with Crippen molar-refractivity contribution in [3.05, 3.63) is 36.2 Å². The van der Waals surface area contributed by atoms with E-state index in [2.05, 4.69) is 10.1 Å². The molecular weight excluding hydrogens is 334 g/mol. The lowest BCUT2D eigenvalue weighted by atomic mass is 10.1. The zero-order valence-electron chi connectivity index (χ0n) is 14.7. The number of nitrogens with two attached hydrogens (primary N) is 2. The van der Waals surface area contributed by atoms with Crippen molar-refractivity contribution in [1.29, 1.82) is 0 Å². The highest BCUT2D eigenvalue weighted by Crippen LogP contribution is 2.21. The molecule has 1 aliphatic rings. The number of rotatable bonds is 4. The van der Waals surface area contributed by atoms with Gasteiger partial charge >= 0.3 is 5.97 Å². The van der Waals surface area contributed by atoms with Crippen LogP contribution in [0.3, 0.4) is 0 Å². The lowest BCUT2D eigenvalue weighted by Crippen LogP contribution is -2.52. The maximum Gasteiger partial charge on any atom is 0.317 e. The molecule has 5 N–H and O–H groups in total. The van der Waals surface area contributed by atoms with Crippen LogP contribution in [0.4, 0.5) is 0 Å². The normalized spacial score (nSPS) is 17.0. The van der Waals surface area contributed by atoms with Crippen molar-refractivity contribution in [1.82, 2.24) is 19.6 Å². The highest BCUT2D eigenvalue weighted by molar-refractivity contribution is 5.88. The lowest BCUT2D eigenvalue weighted by molar-refractivity contribution is -0.138. The van der Waals surface area contributed by atoms with Gasteiger partial charge in [-0.1, -0.05) is 6.07 Å². The molecule has 1 aromatic carbocycles. The molecule has 2 heterocycles. The second-order valence-corrected chi connectivity index (χ2v) is 6.22. The van der Waals surface area contributed by atoms with Crippen molar-refractivity contribution in [2.75, 3.05) is 32.7 Å². The number of aliphatic carboxylic acids is 1. The highest BCUT2D eigenvalue weighted by Gasteiger charge is 2.20. The number of nitrogens with zero attached hydrogens (tertiary/aromatic N) is 5. The van der Waals surface area contributed by atoms with Gasteiger partial charge in [0.05, 0.1) is 24.0 Å². The van der Waals surface area contributed by atoms with Gasteiger partial charge in [0.25, 0.3) is 0 Å². The molecule has 0 atom stereocenters. The molecule has 0 saturated carbocycles. The van der Waals surface area contributed by atoms with Crippen molar-refractivity contribution >= 4 is 28.5 Å². The number of piperazine rings is 1. The van der Waals surface area contributed by atoms with E-state index in [1.54, 1.807) is 10.9 Å². The Hall–Kier alpha value is -3.07. The second-order valence-electron chi connectivity index (χ2n) is 6.22. The average molecular weight is 357 g/mol. The fourth-order valence-electron chi connectivity index (χ4n) is 3.04. The van der Waals surface area contributed by atoms with Gasteiger partial charge < -0.3 is 21.5 Å². The smallest absolute Gasteiger partial charge is 0.317 e. The zero-order chi connectivity index (χ0) is 18.7. The van der Waals surface area contributed by atoms with E-state index >= 15 is 0 Å². The van der Waals surface area contributed by atoms with Crippen LogP contribution in [0, 0.1) is 0 Å². The molecule has 138 valence electrons. The van der Waals surface area contributed by atoms with Crippen LogP contribution in [0.1, 0.15) is 5.56 Å². The van der Waals surface area contributed by atoms with E-state index in [1.165, 1.54) is 6.20 Å². The standard InChI is InChI=1S/C17H23N7O2/c1-22-15-3-2-12(8-13(15)10-20-22)14(9-18)21-17(19)24-6-4-23(5-7-24)11-16(25)26/h2-3,8-10H,4-7,11,18H2,1H3,(H2,19,21)(H,25,26)/b14-9-. The van der Waals surface area contributed by atoms with Crippen LogP contribution >= 0.6 is 0 Å². The third-order valence-corrected chi connectivity index (χ3v) is 4.49. The Labute approximate surface area is 151 Å². The number of carbonyl (C=O) groups is 1. The van der Waals surface area contributed by atoms with Gasteiger partial charge in [-0.3, -0.25) is 14.4 Å². The molecule has 0 aliphatic carbocycles. The van der Waals surface area contributed by atoms with Crippen LogP contribution < -0.4 is 11.5 Å². The maximum absolute atomic E-state index is 10.8. The molecule has 0 radical (unpaired) electrons. The van der Waals surface area contributed by atoms with Gasteiger partial charge in [0.1, 0.15) is 0 Å². The van der Waals surface area contributed by atoms with Crippen LogP contribution in [0.2, 0.25) is 0 Å². The van der Waals surface area contributed by atoms with Crippen molar-refractivity contribution < 1.29 is 9.90 Å². The van der Waals surface area contributed by atoms with Crippen LogP contribution in [-0.4, -0.2) is 69.3 Å². The monoisotopic (exact) mass is 357 g/mol. The molecule has 1 fully saturated rings. The van der Waals surface area contributed by atoms with Crippen molar-refractivity contribution in [3.63, 3.8) is 0 Å². The van der Waals surface area contributed by atoms with Gasteiger partial charge in [0.2, 0.25) is 0 Å². The SMILES string of the molecule is Cn1ncc2cc(/C(=C/N)N=C(N)N3CCN(CC(=O)O)CC3)ccc21. The summed E-state index contributed by atoms with van der Waals surface area (Å²) in [5.74, 6) is -0.442. The summed E-state index contributed by atoms with van der Waals surface area (Å²) in [5.41, 5.74) is 14.4. The summed E-state index contributed by atoms with van der Waals surface area (Å²) >= 11 is 0. The number of carboxylic acid groups (broad SMARTS) is 1. The van der Waals surface area contributed by atoms with E-state index in [0.717, 1.165) is 16.5 Å². The molecule has 9 nitrogen and oxygen atoms in total. The fourth-order valence-corrected chi connectivity index (χ4v) is 3.04. The lowest BCUT2D eigenvalue weighted by Gasteiger charge is -2.34. The predicted molar refractivity (Wildman–Crippen MR) is 100 cm³/mol. The van der Waals surface area contributed by atoms with E-state index < -0.39 is 5.97 Å². The van der Waals surface area contributed by atoms with Gasteiger partial charge in [-0.15, -0.1) is 0 Å². The average Bonchev–Trinajstić information content (AvgIpc) is 3.00. The second kappa shape index (κ2) is 7.44. The zero-order valence-corrected chi connectivity index (χ0v) is 14.7. The molecule has 2 aromatic rings. The van der Waals surface area contributed by atoms with E-state index in [9.17, 15) is 4.79 Å². The summed E-state index contributed by atoms with van der Waals surface area (Å²) in [6.07, 6.45) is 3.23. The number of aromatic nitrogens is 2. The summed E-state index contributed by atoms with van der Waals surface area (Å²) in [6, 6.07) is 5.88. The number of guanidine groups is 1. The van der Waals surface area contributed by atoms with Gasteiger partial charge in [-0.2, -0.15) is 5.10 Å². The molecule has 1 aromatic heterocycles. The Balaban J connectivity index is 1.73. The van der Waals surface area contributed by atoms with Crippen molar-refractivity contribution in [2.45, 2.75) is 0 Å². The molecule has 0 unspecified atom stereocenters. The number of fused-ring (bicyclic) bond motifs is 1. The number of hydrogen-bond donors (Lipinski definition) is 3. The topological polar surface area (TPSA) is 126 Å². The van der Waals surface area contributed by atoms with Gasteiger partial charge in [-0.05, 0) is 12.1 Å². The Morgan fingerprint density at radius 1 is 1.35 bits per heavy atom. The van der Waals surface area contributed by atoms with E-state index in [-0.39, 0.29) is 6.54 Å². The van der Waals surface area contributed by atoms with Crippen LogP contribution in [0.25, 0.3) is 16.6 Å². The fraction of sp³-hybridized carbons (Fsp3) is 0.353. The van der Waals surface area contributed by atoms with Crippen molar-refractivity contribution in [3.8, 4) is 0 Å². The highest BCUT2D eigenvalue weighted by atomic mass is 16.4. The Morgan fingerprint density at radius 3 is 2.73 bits per heavy atom. The van der Waals surface area contributed by atoms with Crippen LogP contribution in [0.5, 0.6) is 0 Å². The molecule has 1 aliphatic heterocycles. The van der Waals surface area contributed by atoms with E-state index in [4.69, 9.17) is 16.6 Å². The first-order valence-corrected chi connectivity index (χ1v) is 8.35. The number of aryl methyl sites for hydroxylation is 1. The Bertz CT molecular complexity index is 863. The van der Waals surface area contributed by atoms with E-state index in [1.807, 2.05) is 35.0 Å². The summed E-state index contributed by atoms with van der Waals surface area (Å²) in [5, 5.41) is 14.1. The molecule has 0 spiro atoms. The molecule has 1 saturated heterocycles. The van der Waals surface area contributed by atoms with Crippen LogP contribution in [0.15, 0.2) is 35.6 Å². The third kappa shape index (κ3) is 3.77. The minimum Gasteiger partial charge on any atom is -0.480 e. The first-order valence-electron chi connectivity index (χ1n) is 8.35. The Kier molecular flexibility index (Phi) is 5.08. The van der Waals surface area contributed by atoms with E-state index in [0.29, 0.717) is 37.8 Å². The molecule has 0 amide bonds. The Morgan fingerprint density at radius 2 is 2.08 bits per heavy atom. The minimum atomic E-state index is -0.820. The van der Waals surface area contributed by atoms with Crippen molar-refractivity contribution in [2.24, 2.45) is 23.5 Å². The molecule has 3 rings (SSSR count). The summed E-state index contributed by atoms with van der Waals surface area (Å²) in [6.45, 7) is 2.56. The van der Waals surface area contributed by atoms with Crippen LogP contribution in [-0.2, 0) is 11.8 Å². The number of aliphatic imine (C=N–C) groups is 1. The first-order chi connectivity index (χ1) is 12.5. The molecule has 26 heavy (non-hydrogen) atoms. The maximum atomic E-state index is 10.8. The summed E-state index contributed by atoms with van der Waals surface area (Å²) < 4.78 is 1.80. The minimum absolute atomic E-state index is 0.0456. The summed E-state index contributed by atoms with van der Waals surface area (Å²) in [4.78, 5) is 19.1. The number of carboxylic acids is 1. The molecule has 9 heteroatoms. The molecule has 0 bridgehead atoms. The summed E-state index contributed by atoms with van der Waals surface area (Å²) in [7, 11) is 1.89. The number of benzene rings is 1. The quantitative estimate of drug-likeness (QED) is 0.513. The molecular formula is C17H23N7O2. The largest absolute Gasteiger partial charge is 0.480 e. The first kappa shape index (κ1) is 17.7.